The second-order valence-electron chi connectivity index (χ2n) is 2.70. The van der Waals surface area contributed by atoms with Gasteiger partial charge in [0.1, 0.15) is 0 Å². The number of hydrogen-bond donors (Lipinski definition) is 2. The summed E-state index contributed by atoms with van der Waals surface area (Å²) in [6.45, 7) is 0. The number of aliphatic carboxylic acids is 2. The lowest BCUT2D eigenvalue weighted by Crippen LogP contribution is -2.09. The van der Waals surface area contributed by atoms with Crippen LogP contribution >= 0.6 is 0 Å². The molecule has 6 heteroatoms. The minimum absolute atomic E-state index is 0.949. The summed E-state index contributed by atoms with van der Waals surface area (Å²) in [5.74, 6) is -3.65. The number of carboxylic acids is 2. The molecule has 6 nitrogen and oxygen atoms in total. The number of carbonyl (C=O) groups is 2. The highest BCUT2D eigenvalue weighted by atomic mass is 16.4. The zero-order chi connectivity index (χ0) is 12.0. The van der Waals surface area contributed by atoms with Crippen LogP contribution in [0.15, 0.2) is 36.5 Å². The summed E-state index contributed by atoms with van der Waals surface area (Å²) in [4.78, 5) is 18.2. The van der Waals surface area contributed by atoms with Crippen molar-refractivity contribution in [1.29, 1.82) is 0 Å². The van der Waals surface area contributed by atoms with Crippen molar-refractivity contribution in [3.05, 3.63) is 36.5 Å². The molecule has 2 rings (SSSR count). The molecule has 0 aliphatic rings. The average molecular weight is 220 g/mol. The van der Waals surface area contributed by atoms with Gasteiger partial charge in [-0.2, -0.15) is 10.2 Å². The predicted octanol–water partition coefficient (Wildman–Crippen LogP) is 0.785. The first kappa shape index (κ1) is 11.6. The number of fused-ring (bicyclic) bond motifs is 1. The van der Waals surface area contributed by atoms with Crippen molar-refractivity contribution >= 4 is 22.8 Å². The molecular weight excluding hydrogens is 212 g/mol. The summed E-state index contributed by atoms with van der Waals surface area (Å²) >= 11 is 0. The van der Waals surface area contributed by atoms with Crippen LogP contribution in [-0.4, -0.2) is 32.3 Å². The van der Waals surface area contributed by atoms with Crippen LogP contribution in [-0.2, 0) is 9.59 Å². The van der Waals surface area contributed by atoms with E-state index < -0.39 is 11.9 Å². The first-order valence-electron chi connectivity index (χ1n) is 4.24. The summed E-state index contributed by atoms with van der Waals surface area (Å²) in [6.07, 6.45) is 1.70. The second-order valence-corrected chi connectivity index (χ2v) is 2.70. The van der Waals surface area contributed by atoms with Gasteiger partial charge in [0.15, 0.2) is 0 Å². The number of carboxylic acid groups (broad SMARTS) is 2. The van der Waals surface area contributed by atoms with Gasteiger partial charge in [0.25, 0.3) is 0 Å². The lowest BCUT2D eigenvalue weighted by Gasteiger charge is -1.90. The largest absolute Gasteiger partial charge is 0.473 e. The molecule has 0 spiro atoms. The Hall–Kier alpha value is -2.50. The standard InChI is InChI=1S/C8H6N2.C2H2O4/c1-2-4-8-7(3-1)5-6-9-10-8;3-1(4)2(5)6/h1-6H;(H,3,4)(H,5,6). The first-order valence-corrected chi connectivity index (χ1v) is 4.24. The lowest BCUT2D eigenvalue weighted by atomic mass is 10.2. The average Bonchev–Trinajstić information content (AvgIpc) is 2.30. The molecule has 0 radical (unpaired) electrons. The molecule has 16 heavy (non-hydrogen) atoms. The lowest BCUT2D eigenvalue weighted by molar-refractivity contribution is -0.159. The Labute approximate surface area is 90.2 Å². The van der Waals surface area contributed by atoms with E-state index in [1.807, 2.05) is 30.3 Å². The molecule has 0 atom stereocenters. The zero-order valence-corrected chi connectivity index (χ0v) is 8.07. The monoisotopic (exact) mass is 220 g/mol. The molecule has 0 aliphatic heterocycles. The number of hydrogen-bond acceptors (Lipinski definition) is 4. The maximum atomic E-state index is 9.10. The summed E-state index contributed by atoms with van der Waals surface area (Å²) in [5, 5.41) is 23.6. The Morgan fingerprint density at radius 1 is 1.00 bits per heavy atom. The highest BCUT2D eigenvalue weighted by molar-refractivity contribution is 6.27. The van der Waals surface area contributed by atoms with Gasteiger partial charge in [-0.1, -0.05) is 18.2 Å². The number of nitrogens with zero attached hydrogens (tertiary/aromatic N) is 2. The Bertz CT molecular complexity index is 435. The first-order chi connectivity index (χ1) is 7.61. The van der Waals surface area contributed by atoms with E-state index in [4.69, 9.17) is 19.8 Å². The van der Waals surface area contributed by atoms with Gasteiger partial charge in [0.05, 0.1) is 11.7 Å². The normalized spacial score (nSPS) is 9.00. The minimum Gasteiger partial charge on any atom is -0.473 e. The molecule has 1 heterocycles. The van der Waals surface area contributed by atoms with E-state index in [0.717, 1.165) is 10.9 Å². The minimum atomic E-state index is -1.82. The van der Waals surface area contributed by atoms with E-state index in [9.17, 15) is 0 Å². The quantitative estimate of drug-likeness (QED) is 0.636. The third-order valence-electron chi connectivity index (χ3n) is 1.61. The number of aromatic nitrogens is 2. The van der Waals surface area contributed by atoms with Crippen LogP contribution in [0.25, 0.3) is 10.9 Å². The van der Waals surface area contributed by atoms with Crippen LogP contribution in [0, 0.1) is 0 Å². The molecule has 0 amide bonds. The third kappa shape index (κ3) is 3.33. The van der Waals surface area contributed by atoms with E-state index in [2.05, 4.69) is 10.2 Å². The van der Waals surface area contributed by atoms with Gasteiger partial charge in [-0.05, 0) is 12.1 Å². The van der Waals surface area contributed by atoms with E-state index in [1.165, 1.54) is 0 Å². The van der Waals surface area contributed by atoms with Gasteiger partial charge < -0.3 is 10.2 Å². The van der Waals surface area contributed by atoms with Crippen molar-refractivity contribution in [3.63, 3.8) is 0 Å². The fourth-order valence-corrected chi connectivity index (χ4v) is 0.929. The van der Waals surface area contributed by atoms with Gasteiger partial charge in [0.2, 0.25) is 0 Å². The van der Waals surface area contributed by atoms with E-state index in [-0.39, 0.29) is 0 Å². The fourth-order valence-electron chi connectivity index (χ4n) is 0.929. The van der Waals surface area contributed by atoms with Crippen molar-refractivity contribution < 1.29 is 19.8 Å². The van der Waals surface area contributed by atoms with Crippen molar-refractivity contribution in [2.75, 3.05) is 0 Å². The van der Waals surface area contributed by atoms with Crippen LogP contribution in [0.1, 0.15) is 0 Å². The Balaban J connectivity index is 0.000000187. The molecule has 2 N–H and O–H groups in total. The summed E-state index contributed by atoms with van der Waals surface area (Å²) in [6, 6.07) is 9.86. The van der Waals surface area contributed by atoms with Gasteiger partial charge >= 0.3 is 11.9 Å². The van der Waals surface area contributed by atoms with Crippen LogP contribution in [0.4, 0.5) is 0 Å². The third-order valence-corrected chi connectivity index (χ3v) is 1.61. The van der Waals surface area contributed by atoms with E-state index in [1.54, 1.807) is 6.20 Å². The molecule has 0 unspecified atom stereocenters. The molecular formula is C10H8N2O4. The van der Waals surface area contributed by atoms with Crippen LogP contribution < -0.4 is 0 Å². The molecule has 0 aliphatic carbocycles. The van der Waals surface area contributed by atoms with Gasteiger partial charge in [-0.3, -0.25) is 0 Å². The molecule has 2 aromatic rings. The van der Waals surface area contributed by atoms with Crippen molar-refractivity contribution in [2.45, 2.75) is 0 Å². The van der Waals surface area contributed by atoms with Crippen molar-refractivity contribution in [1.82, 2.24) is 10.2 Å². The van der Waals surface area contributed by atoms with E-state index in [0.29, 0.717) is 0 Å². The van der Waals surface area contributed by atoms with Gasteiger partial charge in [-0.25, -0.2) is 9.59 Å². The molecule has 0 fully saturated rings. The summed E-state index contributed by atoms with van der Waals surface area (Å²) in [5.41, 5.74) is 0.949. The topological polar surface area (TPSA) is 100 Å². The maximum Gasteiger partial charge on any atom is 0.414 e. The van der Waals surface area contributed by atoms with Gasteiger partial charge in [-0.15, -0.1) is 0 Å². The molecule has 0 saturated heterocycles. The van der Waals surface area contributed by atoms with Crippen LogP contribution in [0.3, 0.4) is 0 Å². The summed E-state index contributed by atoms with van der Waals surface area (Å²) < 4.78 is 0. The van der Waals surface area contributed by atoms with Crippen LogP contribution in [0.2, 0.25) is 0 Å². The summed E-state index contributed by atoms with van der Waals surface area (Å²) in [7, 11) is 0. The smallest absolute Gasteiger partial charge is 0.414 e. The zero-order valence-electron chi connectivity index (χ0n) is 8.07. The highest BCUT2D eigenvalue weighted by Crippen LogP contribution is 2.06. The molecule has 0 bridgehead atoms. The highest BCUT2D eigenvalue weighted by Gasteiger charge is 2.04. The Morgan fingerprint density at radius 3 is 2.19 bits per heavy atom. The molecule has 82 valence electrons. The fraction of sp³-hybridized carbons (Fsp3) is 0. The maximum absolute atomic E-state index is 9.10. The number of benzene rings is 1. The van der Waals surface area contributed by atoms with E-state index >= 15 is 0 Å². The second kappa shape index (κ2) is 5.40. The SMILES string of the molecule is O=C(O)C(=O)O.c1ccc2nnccc2c1. The van der Waals surface area contributed by atoms with Gasteiger partial charge in [0, 0.05) is 5.39 Å². The molecule has 1 aromatic carbocycles. The predicted molar refractivity (Wildman–Crippen MR) is 54.8 cm³/mol. The Kier molecular flexibility index (Phi) is 3.90. The number of rotatable bonds is 0. The van der Waals surface area contributed by atoms with Crippen molar-refractivity contribution in [3.8, 4) is 0 Å². The van der Waals surface area contributed by atoms with Crippen molar-refractivity contribution in [2.24, 2.45) is 0 Å². The van der Waals surface area contributed by atoms with Crippen LogP contribution in [0.5, 0.6) is 0 Å². The molecule has 1 aromatic heterocycles. The molecule has 0 saturated carbocycles. The Morgan fingerprint density at radius 2 is 1.62 bits per heavy atom.